The highest BCUT2D eigenvalue weighted by Gasteiger charge is 2.28. The lowest BCUT2D eigenvalue weighted by atomic mass is 10.0. The number of amides is 1. The lowest BCUT2D eigenvalue weighted by Gasteiger charge is -2.28. The van der Waals surface area contributed by atoms with Crippen LogP contribution in [0.4, 0.5) is 4.39 Å². The first-order valence-corrected chi connectivity index (χ1v) is 12.5. The third-order valence-electron chi connectivity index (χ3n) is 6.71. The van der Waals surface area contributed by atoms with Gasteiger partial charge in [0.15, 0.2) is 0 Å². The van der Waals surface area contributed by atoms with Crippen LogP contribution in [0.15, 0.2) is 72.8 Å². The van der Waals surface area contributed by atoms with Gasteiger partial charge in [-0.05, 0) is 42.5 Å². The fourth-order valence-corrected chi connectivity index (χ4v) is 4.91. The van der Waals surface area contributed by atoms with E-state index in [9.17, 15) is 9.18 Å². The predicted molar refractivity (Wildman–Crippen MR) is 142 cm³/mol. The lowest BCUT2D eigenvalue weighted by Crippen LogP contribution is -2.32. The molecule has 5 rings (SSSR count). The summed E-state index contributed by atoms with van der Waals surface area (Å²) in [6, 6.07) is 21.5. The standard InChI is InChI=1S/C29H28ClFN4O2/c1-33(29(36)20-11-13-22(30)14-12-20)19-25-23-18-34(17-21-7-3-4-8-24(21)31)16-15-26(23)35(32-25)27-9-5-6-10-28(27)37-2/h3-14H,15-19H2,1-2H3. The van der Waals surface area contributed by atoms with E-state index in [-0.39, 0.29) is 11.7 Å². The Morgan fingerprint density at radius 3 is 2.57 bits per heavy atom. The van der Waals surface area contributed by atoms with Gasteiger partial charge in [0.25, 0.3) is 5.91 Å². The number of carbonyl (C=O) groups excluding carboxylic acids is 1. The molecule has 8 heteroatoms. The van der Waals surface area contributed by atoms with Crippen molar-refractivity contribution >= 4 is 17.5 Å². The quantitative estimate of drug-likeness (QED) is 0.324. The fraction of sp³-hybridized carbons (Fsp3) is 0.241. The number of ether oxygens (including phenoxy) is 1. The molecular weight excluding hydrogens is 491 g/mol. The molecule has 1 aliphatic heterocycles. The van der Waals surface area contributed by atoms with Crippen molar-refractivity contribution < 1.29 is 13.9 Å². The first kappa shape index (κ1) is 25.0. The molecule has 0 N–H and O–H groups in total. The summed E-state index contributed by atoms with van der Waals surface area (Å²) in [7, 11) is 3.41. The van der Waals surface area contributed by atoms with Crippen molar-refractivity contribution in [1.29, 1.82) is 0 Å². The topological polar surface area (TPSA) is 50.6 Å². The Morgan fingerprint density at radius 1 is 1.08 bits per heavy atom. The van der Waals surface area contributed by atoms with Crippen molar-refractivity contribution in [2.45, 2.75) is 26.1 Å². The highest BCUT2D eigenvalue weighted by molar-refractivity contribution is 6.30. The Labute approximate surface area is 220 Å². The monoisotopic (exact) mass is 518 g/mol. The first-order valence-electron chi connectivity index (χ1n) is 12.1. The largest absolute Gasteiger partial charge is 0.494 e. The summed E-state index contributed by atoms with van der Waals surface area (Å²) in [5.41, 5.74) is 5.03. The average Bonchev–Trinajstić information content (AvgIpc) is 3.27. The highest BCUT2D eigenvalue weighted by Crippen LogP contribution is 2.31. The second-order valence-corrected chi connectivity index (χ2v) is 9.61. The van der Waals surface area contributed by atoms with Gasteiger partial charge in [0.05, 0.1) is 25.0 Å². The van der Waals surface area contributed by atoms with Gasteiger partial charge in [-0.2, -0.15) is 5.10 Å². The normalized spacial score (nSPS) is 13.3. The summed E-state index contributed by atoms with van der Waals surface area (Å²) in [6.07, 6.45) is 0.740. The number of carbonyl (C=O) groups is 1. The third-order valence-corrected chi connectivity index (χ3v) is 6.96. The maximum atomic E-state index is 14.4. The van der Waals surface area contributed by atoms with E-state index in [2.05, 4.69) is 4.90 Å². The van der Waals surface area contributed by atoms with Crippen molar-refractivity contribution in [3.8, 4) is 11.4 Å². The second kappa shape index (κ2) is 10.7. The van der Waals surface area contributed by atoms with Gasteiger partial charge in [0, 0.05) is 54.8 Å². The number of rotatable bonds is 7. The number of aromatic nitrogens is 2. The van der Waals surface area contributed by atoms with Crippen molar-refractivity contribution in [2.24, 2.45) is 0 Å². The summed E-state index contributed by atoms with van der Waals surface area (Å²) in [4.78, 5) is 17.0. The molecule has 37 heavy (non-hydrogen) atoms. The van der Waals surface area contributed by atoms with E-state index in [0.717, 1.165) is 41.4 Å². The highest BCUT2D eigenvalue weighted by atomic mass is 35.5. The molecule has 2 heterocycles. The zero-order valence-electron chi connectivity index (χ0n) is 20.8. The number of fused-ring (bicyclic) bond motifs is 1. The van der Waals surface area contributed by atoms with Crippen LogP contribution in [0, 0.1) is 5.82 Å². The summed E-state index contributed by atoms with van der Waals surface area (Å²) in [5, 5.41) is 5.56. The van der Waals surface area contributed by atoms with Crippen LogP contribution in [0.5, 0.6) is 5.75 Å². The minimum atomic E-state index is -0.202. The van der Waals surface area contributed by atoms with Gasteiger partial charge in [-0.15, -0.1) is 0 Å². The van der Waals surface area contributed by atoms with Crippen LogP contribution in [0.25, 0.3) is 5.69 Å². The predicted octanol–water partition coefficient (Wildman–Crippen LogP) is 5.50. The zero-order valence-corrected chi connectivity index (χ0v) is 21.6. The molecule has 190 valence electrons. The van der Waals surface area contributed by atoms with Gasteiger partial charge < -0.3 is 9.64 Å². The van der Waals surface area contributed by atoms with E-state index < -0.39 is 0 Å². The Morgan fingerprint density at radius 2 is 1.81 bits per heavy atom. The molecule has 0 saturated heterocycles. The Balaban J connectivity index is 1.48. The lowest BCUT2D eigenvalue weighted by molar-refractivity contribution is 0.0782. The van der Waals surface area contributed by atoms with E-state index in [1.165, 1.54) is 6.07 Å². The van der Waals surface area contributed by atoms with Gasteiger partial charge in [0.2, 0.25) is 0 Å². The maximum Gasteiger partial charge on any atom is 0.253 e. The molecule has 0 fully saturated rings. The molecule has 3 aromatic carbocycles. The van der Waals surface area contributed by atoms with Crippen LogP contribution >= 0.6 is 11.6 Å². The van der Waals surface area contributed by atoms with Crippen LogP contribution in [0.3, 0.4) is 0 Å². The smallest absolute Gasteiger partial charge is 0.253 e. The number of nitrogens with zero attached hydrogens (tertiary/aromatic N) is 4. The molecular formula is C29H28ClFN4O2. The van der Waals surface area contributed by atoms with Crippen LogP contribution in [-0.2, 0) is 26.1 Å². The molecule has 1 amide bonds. The van der Waals surface area contributed by atoms with Gasteiger partial charge in [-0.25, -0.2) is 9.07 Å². The molecule has 0 saturated carbocycles. The molecule has 0 aliphatic carbocycles. The fourth-order valence-electron chi connectivity index (χ4n) is 4.78. The van der Waals surface area contributed by atoms with Crippen LogP contribution in [0.2, 0.25) is 5.02 Å². The number of hydrogen-bond acceptors (Lipinski definition) is 4. The molecule has 0 unspecified atom stereocenters. The number of para-hydroxylation sites is 2. The van der Waals surface area contributed by atoms with E-state index >= 15 is 0 Å². The summed E-state index contributed by atoms with van der Waals surface area (Å²) in [6.45, 7) is 2.21. The number of hydrogen-bond donors (Lipinski definition) is 0. The van der Waals surface area contributed by atoms with Gasteiger partial charge >= 0.3 is 0 Å². The molecule has 0 bridgehead atoms. The Kier molecular flexibility index (Phi) is 7.26. The molecule has 6 nitrogen and oxygen atoms in total. The van der Waals surface area contributed by atoms with Crippen molar-refractivity contribution in [3.63, 3.8) is 0 Å². The Hall–Kier alpha value is -3.68. The van der Waals surface area contributed by atoms with Crippen molar-refractivity contribution in [3.05, 3.63) is 112 Å². The molecule has 4 aromatic rings. The minimum Gasteiger partial charge on any atom is -0.494 e. The minimum absolute atomic E-state index is 0.115. The summed E-state index contributed by atoms with van der Waals surface area (Å²) < 4.78 is 21.9. The average molecular weight is 519 g/mol. The summed E-state index contributed by atoms with van der Waals surface area (Å²) >= 11 is 6.00. The summed E-state index contributed by atoms with van der Waals surface area (Å²) in [5.74, 6) is 0.404. The third kappa shape index (κ3) is 5.24. The number of halogens is 2. The maximum absolute atomic E-state index is 14.4. The number of benzene rings is 3. The van der Waals surface area contributed by atoms with Gasteiger partial charge in [-0.1, -0.05) is 41.9 Å². The molecule has 0 spiro atoms. The van der Waals surface area contributed by atoms with E-state index in [0.29, 0.717) is 35.8 Å². The molecule has 0 radical (unpaired) electrons. The first-order chi connectivity index (χ1) is 17.9. The zero-order chi connectivity index (χ0) is 25.9. The van der Waals surface area contributed by atoms with Crippen LogP contribution in [0.1, 0.15) is 32.9 Å². The molecule has 0 atom stereocenters. The molecule has 1 aliphatic rings. The van der Waals surface area contributed by atoms with Crippen LogP contribution < -0.4 is 4.74 Å². The van der Waals surface area contributed by atoms with Gasteiger partial charge in [-0.3, -0.25) is 9.69 Å². The van der Waals surface area contributed by atoms with Crippen molar-refractivity contribution in [2.75, 3.05) is 20.7 Å². The molecule has 1 aromatic heterocycles. The van der Waals surface area contributed by atoms with Crippen LogP contribution in [-0.4, -0.2) is 46.2 Å². The number of methoxy groups -OCH3 is 1. The van der Waals surface area contributed by atoms with Gasteiger partial charge in [0.1, 0.15) is 17.3 Å². The van der Waals surface area contributed by atoms with E-state index in [1.54, 1.807) is 49.4 Å². The van der Waals surface area contributed by atoms with E-state index in [1.807, 2.05) is 41.1 Å². The van der Waals surface area contributed by atoms with E-state index in [4.69, 9.17) is 21.4 Å². The second-order valence-electron chi connectivity index (χ2n) is 9.18. The Bertz CT molecular complexity index is 1420. The SMILES string of the molecule is COc1ccccc1-n1nc(CN(C)C(=O)c2ccc(Cl)cc2)c2c1CCN(Cc1ccccc1F)C2. The van der Waals surface area contributed by atoms with Crippen molar-refractivity contribution in [1.82, 2.24) is 19.6 Å².